The van der Waals surface area contributed by atoms with E-state index in [2.05, 4.69) is 4.90 Å². The standard InChI is InChI=1S/C8H12N2O2S2.Na/c1-10-3-2-6-4-8(14(9,11)12)13-7(6)5-10;/h4H,2-3,5H2,1H3,(H2,9,11,12);. The van der Waals surface area contributed by atoms with E-state index in [0.717, 1.165) is 30.0 Å². The van der Waals surface area contributed by atoms with Gasteiger partial charge >= 0.3 is 0 Å². The van der Waals surface area contributed by atoms with Crippen LogP contribution in [-0.4, -0.2) is 56.5 Å². The predicted octanol–water partition coefficient (Wildman–Crippen LogP) is 0.00260. The number of nitrogens with two attached hydrogens (primary N) is 1. The first-order valence-corrected chi connectivity index (χ1v) is 6.66. The molecule has 0 bridgehead atoms. The van der Waals surface area contributed by atoms with Gasteiger partial charge in [-0.2, -0.15) is 0 Å². The molecule has 1 aliphatic heterocycles. The van der Waals surface area contributed by atoms with Crippen LogP contribution in [0, 0.1) is 0 Å². The number of rotatable bonds is 1. The Hall–Kier alpha value is 0.570. The molecule has 0 saturated heterocycles. The molecule has 0 unspecified atom stereocenters. The third-order valence-electron chi connectivity index (χ3n) is 2.33. The van der Waals surface area contributed by atoms with E-state index in [0.29, 0.717) is 0 Å². The summed E-state index contributed by atoms with van der Waals surface area (Å²) >= 11 is 1.29. The summed E-state index contributed by atoms with van der Waals surface area (Å²) in [4.78, 5) is 3.30. The summed E-state index contributed by atoms with van der Waals surface area (Å²) in [5, 5.41) is 5.07. The van der Waals surface area contributed by atoms with Gasteiger partial charge in [0.25, 0.3) is 0 Å². The average Bonchev–Trinajstić information content (AvgIpc) is 2.45. The first-order chi connectivity index (χ1) is 6.47. The summed E-state index contributed by atoms with van der Waals surface area (Å²) in [6.07, 6.45) is 0.915. The third-order valence-corrected chi connectivity index (χ3v) is 4.91. The Morgan fingerprint density at radius 2 is 2.20 bits per heavy atom. The van der Waals surface area contributed by atoms with Gasteiger partial charge in [0, 0.05) is 47.5 Å². The fourth-order valence-corrected chi connectivity index (χ4v) is 3.65. The van der Waals surface area contributed by atoms with Crippen LogP contribution in [0.1, 0.15) is 10.4 Å². The van der Waals surface area contributed by atoms with Crippen LogP contribution < -0.4 is 5.14 Å². The van der Waals surface area contributed by atoms with Crippen LogP contribution in [0.3, 0.4) is 0 Å². The van der Waals surface area contributed by atoms with Gasteiger partial charge < -0.3 is 4.90 Å². The van der Waals surface area contributed by atoms with Gasteiger partial charge in [-0.3, -0.25) is 0 Å². The van der Waals surface area contributed by atoms with E-state index in [9.17, 15) is 8.42 Å². The van der Waals surface area contributed by atoms with Crippen molar-refractivity contribution in [2.24, 2.45) is 5.14 Å². The molecule has 0 amide bonds. The number of likely N-dealkylation sites (N-methyl/N-ethyl adjacent to an activating group) is 1. The molecule has 1 aromatic heterocycles. The molecule has 1 aliphatic rings. The van der Waals surface area contributed by atoms with Gasteiger partial charge in [0.05, 0.1) is 0 Å². The van der Waals surface area contributed by atoms with Crippen molar-refractivity contribution < 1.29 is 8.42 Å². The number of fused-ring (bicyclic) bond motifs is 1. The smallest absolute Gasteiger partial charge is 0.247 e. The Kier molecular flexibility index (Phi) is 4.39. The van der Waals surface area contributed by atoms with Crippen LogP contribution in [0.5, 0.6) is 0 Å². The number of sulfonamides is 1. The van der Waals surface area contributed by atoms with Crippen molar-refractivity contribution in [3.8, 4) is 0 Å². The van der Waals surface area contributed by atoms with Crippen LogP contribution in [0.25, 0.3) is 0 Å². The van der Waals surface area contributed by atoms with E-state index in [1.54, 1.807) is 6.07 Å². The third kappa shape index (κ3) is 3.03. The summed E-state index contributed by atoms with van der Waals surface area (Å²) in [5.41, 5.74) is 1.14. The molecule has 79 valence electrons. The van der Waals surface area contributed by atoms with Crippen LogP contribution in [0.4, 0.5) is 0 Å². The maximum Gasteiger partial charge on any atom is 0.247 e. The minimum atomic E-state index is -3.51. The number of thiophene rings is 1. The number of nitrogens with zero attached hydrogens (tertiary/aromatic N) is 1. The second-order valence-electron chi connectivity index (χ2n) is 3.55. The number of primary sulfonamides is 1. The molecule has 2 N–H and O–H groups in total. The maximum absolute atomic E-state index is 11.1. The summed E-state index contributed by atoms with van der Waals surface area (Å²) in [7, 11) is -1.49. The van der Waals surface area contributed by atoms with Crippen LogP contribution in [0.15, 0.2) is 10.3 Å². The van der Waals surface area contributed by atoms with Crippen molar-refractivity contribution >= 4 is 50.9 Å². The number of hydrogen-bond acceptors (Lipinski definition) is 4. The van der Waals surface area contributed by atoms with Gasteiger partial charge in [0.2, 0.25) is 10.0 Å². The van der Waals surface area contributed by atoms with Crippen molar-refractivity contribution in [1.82, 2.24) is 4.90 Å². The summed E-state index contributed by atoms with van der Waals surface area (Å²) < 4.78 is 22.5. The molecule has 0 atom stereocenters. The Morgan fingerprint density at radius 1 is 1.53 bits per heavy atom. The van der Waals surface area contributed by atoms with Crippen molar-refractivity contribution in [1.29, 1.82) is 0 Å². The van der Waals surface area contributed by atoms with E-state index in [-0.39, 0.29) is 33.8 Å². The Morgan fingerprint density at radius 3 is 2.80 bits per heavy atom. The molecule has 0 fully saturated rings. The van der Waals surface area contributed by atoms with Crippen molar-refractivity contribution in [3.63, 3.8) is 0 Å². The van der Waals surface area contributed by atoms with E-state index in [1.807, 2.05) is 7.05 Å². The fraction of sp³-hybridized carbons (Fsp3) is 0.500. The van der Waals surface area contributed by atoms with E-state index in [4.69, 9.17) is 5.14 Å². The zero-order valence-electron chi connectivity index (χ0n) is 8.86. The summed E-state index contributed by atoms with van der Waals surface area (Å²) in [6, 6.07) is 1.71. The molecule has 1 radical (unpaired) electrons. The molecule has 0 saturated carbocycles. The van der Waals surface area contributed by atoms with Crippen molar-refractivity contribution in [2.75, 3.05) is 13.6 Å². The largest absolute Gasteiger partial charge is 0.301 e. The van der Waals surface area contributed by atoms with Gasteiger partial charge in [-0.05, 0) is 25.1 Å². The quantitative estimate of drug-likeness (QED) is 0.719. The Labute approximate surface area is 116 Å². The number of hydrogen-bond donors (Lipinski definition) is 1. The van der Waals surface area contributed by atoms with Crippen LogP contribution in [-0.2, 0) is 23.0 Å². The normalized spacial score (nSPS) is 16.9. The zero-order valence-corrected chi connectivity index (χ0v) is 12.5. The van der Waals surface area contributed by atoms with E-state index < -0.39 is 10.0 Å². The molecular formula is C8H12N2NaO2S2. The summed E-state index contributed by atoms with van der Waals surface area (Å²) in [6.45, 7) is 1.81. The van der Waals surface area contributed by atoms with E-state index >= 15 is 0 Å². The Balaban J connectivity index is 0.00000112. The second-order valence-corrected chi connectivity index (χ2v) is 6.47. The monoisotopic (exact) mass is 255 g/mol. The van der Waals surface area contributed by atoms with Gasteiger partial charge in [0.15, 0.2) is 0 Å². The van der Waals surface area contributed by atoms with Crippen molar-refractivity contribution in [3.05, 3.63) is 16.5 Å². The molecule has 7 heteroatoms. The zero-order chi connectivity index (χ0) is 10.3. The molecule has 15 heavy (non-hydrogen) atoms. The first-order valence-electron chi connectivity index (χ1n) is 4.30. The van der Waals surface area contributed by atoms with Crippen LogP contribution >= 0.6 is 11.3 Å². The molecule has 4 nitrogen and oxygen atoms in total. The van der Waals surface area contributed by atoms with Gasteiger partial charge in [-0.15, -0.1) is 11.3 Å². The summed E-state index contributed by atoms with van der Waals surface area (Å²) in [5.74, 6) is 0. The molecule has 0 spiro atoms. The second kappa shape index (κ2) is 4.83. The van der Waals surface area contributed by atoms with Gasteiger partial charge in [-0.25, -0.2) is 13.6 Å². The van der Waals surface area contributed by atoms with Gasteiger partial charge in [0.1, 0.15) is 4.21 Å². The molecule has 2 rings (SSSR count). The predicted molar refractivity (Wildman–Crippen MR) is 61.5 cm³/mol. The van der Waals surface area contributed by atoms with Crippen molar-refractivity contribution in [2.45, 2.75) is 17.2 Å². The first kappa shape index (κ1) is 13.6. The molecular weight excluding hydrogens is 243 g/mol. The minimum absolute atomic E-state index is 0. The molecule has 2 heterocycles. The SMILES string of the molecule is CN1CCc2cc(S(N)(=O)=O)sc2C1.[Na]. The van der Waals surface area contributed by atoms with E-state index in [1.165, 1.54) is 11.3 Å². The Bertz CT molecular complexity index is 455. The molecule has 1 aromatic rings. The minimum Gasteiger partial charge on any atom is -0.301 e. The van der Waals surface area contributed by atoms with Gasteiger partial charge in [-0.1, -0.05) is 0 Å². The average molecular weight is 255 g/mol. The molecule has 0 aromatic carbocycles. The maximum atomic E-state index is 11.1. The topological polar surface area (TPSA) is 63.4 Å². The van der Waals surface area contributed by atoms with Crippen LogP contribution in [0.2, 0.25) is 0 Å². The molecule has 0 aliphatic carbocycles. The fourth-order valence-electron chi connectivity index (χ4n) is 1.56.